The maximum atomic E-state index is 12.9. The van der Waals surface area contributed by atoms with Gasteiger partial charge >= 0.3 is 6.18 Å². The molecule has 7 heteroatoms. The van der Waals surface area contributed by atoms with Gasteiger partial charge in [0.15, 0.2) is 0 Å². The maximum Gasteiger partial charge on any atom is 0.392 e. The highest BCUT2D eigenvalue weighted by Gasteiger charge is 2.55. The fraction of sp³-hybridized carbons (Fsp3) is 0.923. The van der Waals surface area contributed by atoms with Crippen LogP contribution in [-0.2, 0) is 4.79 Å². The number of nitrogens with one attached hydrogen (secondary N) is 2. The smallest absolute Gasteiger partial charge is 0.352 e. The average Bonchev–Trinajstić information content (AvgIpc) is 2.81. The molecule has 0 radical (unpaired) electrons. The van der Waals surface area contributed by atoms with Crippen molar-refractivity contribution in [3.63, 3.8) is 0 Å². The second kappa shape index (κ2) is 5.72. The first-order valence-electron chi connectivity index (χ1n) is 7.06. The lowest BCUT2D eigenvalue weighted by Crippen LogP contribution is -2.44. The van der Waals surface area contributed by atoms with Crippen LogP contribution in [0.5, 0.6) is 0 Å². The van der Waals surface area contributed by atoms with Crippen LogP contribution in [0.3, 0.4) is 0 Å². The molecule has 0 aromatic rings. The highest BCUT2D eigenvalue weighted by molar-refractivity contribution is 5.85. The van der Waals surface area contributed by atoms with Gasteiger partial charge in [-0.3, -0.25) is 4.79 Å². The molecule has 3 nitrogen and oxygen atoms in total. The molecule has 3 aliphatic rings. The topological polar surface area (TPSA) is 41.1 Å². The molecule has 0 bridgehead atoms. The Morgan fingerprint density at radius 1 is 1.10 bits per heavy atom. The number of piperidine rings is 1. The van der Waals surface area contributed by atoms with E-state index in [1.54, 1.807) is 0 Å². The van der Waals surface area contributed by atoms with E-state index in [-0.39, 0.29) is 30.8 Å². The quantitative estimate of drug-likeness (QED) is 0.820. The number of halogens is 4. The van der Waals surface area contributed by atoms with Crippen LogP contribution in [0.4, 0.5) is 13.2 Å². The van der Waals surface area contributed by atoms with Gasteiger partial charge in [-0.1, -0.05) is 12.8 Å². The SMILES string of the molecule is Cl.O=C(NC1C2CNCC21)C1CCCCC1C(F)(F)F. The Balaban J connectivity index is 0.00000147. The van der Waals surface area contributed by atoms with Gasteiger partial charge in [0.25, 0.3) is 0 Å². The van der Waals surface area contributed by atoms with Gasteiger partial charge < -0.3 is 10.6 Å². The fourth-order valence-electron chi connectivity index (χ4n) is 3.74. The first-order valence-corrected chi connectivity index (χ1v) is 7.06. The zero-order valence-corrected chi connectivity index (χ0v) is 11.9. The molecule has 116 valence electrons. The average molecular weight is 313 g/mol. The van der Waals surface area contributed by atoms with Crippen LogP contribution in [0.15, 0.2) is 0 Å². The molecule has 1 saturated heterocycles. The Kier molecular flexibility index (Phi) is 4.54. The zero-order valence-electron chi connectivity index (χ0n) is 11.1. The lowest BCUT2D eigenvalue weighted by molar-refractivity contribution is -0.198. The largest absolute Gasteiger partial charge is 0.392 e. The molecular formula is C13H20ClF3N2O. The van der Waals surface area contributed by atoms with Gasteiger partial charge in [-0.2, -0.15) is 13.2 Å². The number of carbonyl (C=O) groups excluding carboxylic acids is 1. The number of rotatable bonds is 2. The number of amides is 1. The highest BCUT2D eigenvalue weighted by Crippen LogP contribution is 2.44. The number of alkyl halides is 3. The Morgan fingerprint density at radius 3 is 2.30 bits per heavy atom. The van der Waals surface area contributed by atoms with Gasteiger partial charge in [-0.05, 0) is 24.7 Å². The summed E-state index contributed by atoms with van der Waals surface area (Å²) in [4.78, 5) is 12.1. The maximum absolute atomic E-state index is 12.9. The van der Waals surface area contributed by atoms with Crippen molar-refractivity contribution in [3.05, 3.63) is 0 Å². The molecule has 4 atom stereocenters. The van der Waals surface area contributed by atoms with Crippen LogP contribution in [0.2, 0.25) is 0 Å². The van der Waals surface area contributed by atoms with E-state index in [9.17, 15) is 18.0 Å². The van der Waals surface area contributed by atoms with Crippen LogP contribution < -0.4 is 10.6 Å². The highest BCUT2D eigenvalue weighted by atomic mass is 35.5. The third-order valence-electron chi connectivity index (χ3n) is 4.92. The van der Waals surface area contributed by atoms with Crippen molar-refractivity contribution in [2.75, 3.05) is 13.1 Å². The van der Waals surface area contributed by atoms with Crippen molar-refractivity contribution in [2.45, 2.75) is 37.9 Å². The third kappa shape index (κ3) is 2.91. The third-order valence-corrected chi connectivity index (χ3v) is 4.92. The van der Waals surface area contributed by atoms with Crippen LogP contribution >= 0.6 is 12.4 Å². The van der Waals surface area contributed by atoms with Gasteiger partial charge in [0.2, 0.25) is 5.91 Å². The molecule has 3 fully saturated rings. The van der Waals surface area contributed by atoms with E-state index < -0.39 is 18.0 Å². The van der Waals surface area contributed by atoms with Gasteiger partial charge in [0, 0.05) is 25.0 Å². The van der Waals surface area contributed by atoms with Crippen molar-refractivity contribution >= 4 is 18.3 Å². The van der Waals surface area contributed by atoms with Crippen LogP contribution in [0.1, 0.15) is 25.7 Å². The summed E-state index contributed by atoms with van der Waals surface area (Å²) in [5.74, 6) is -1.81. The van der Waals surface area contributed by atoms with Gasteiger partial charge in [0.05, 0.1) is 5.92 Å². The summed E-state index contributed by atoms with van der Waals surface area (Å²) in [6.45, 7) is 1.76. The van der Waals surface area contributed by atoms with Gasteiger partial charge in [-0.15, -0.1) is 12.4 Å². The van der Waals surface area contributed by atoms with E-state index in [2.05, 4.69) is 10.6 Å². The predicted octanol–water partition coefficient (Wildman–Crippen LogP) is 2.11. The number of hydrogen-bond donors (Lipinski definition) is 2. The molecule has 1 heterocycles. The summed E-state index contributed by atoms with van der Waals surface area (Å²) in [6.07, 6.45) is -2.48. The van der Waals surface area contributed by atoms with Crippen molar-refractivity contribution in [3.8, 4) is 0 Å². The molecule has 1 aliphatic heterocycles. The predicted molar refractivity (Wildman–Crippen MR) is 70.5 cm³/mol. The molecule has 1 amide bonds. The van der Waals surface area contributed by atoms with Crippen LogP contribution in [0.25, 0.3) is 0 Å². The van der Waals surface area contributed by atoms with Crippen molar-refractivity contribution in [1.29, 1.82) is 0 Å². The zero-order chi connectivity index (χ0) is 13.6. The van der Waals surface area contributed by atoms with Crippen molar-refractivity contribution in [2.24, 2.45) is 23.7 Å². The van der Waals surface area contributed by atoms with Crippen LogP contribution in [-0.4, -0.2) is 31.2 Å². The summed E-state index contributed by atoms with van der Waals surface area (Å²) in [7, 11) is 0. The summed E-state index contributed by atoms with van der Waals surface area (Å²) in [5.41, 5.74) is 0. The summed E-state index contributed by atoms with van der Waals surface area (Å²) < 4.78 is 38.8. The lowest BCUT2D eigenvalue weighted by Gasteiger charge is -2.32. The molecule has 2 N–H and O–H groups in total. The minimum Gasteiger partial charge on any atom is -0.352 e. The van der Waals surface area contributed by atoms with Gasteiger partial charge in [-0.25, -0.2) is 0 Å². The molecule has 2 aliphatic carbocycles. The van der Waals surface area contributed by atoms with Crippen LogP contribution in [0, 0.1) is 23.7 Å². The molecule has 0 aromatic heterocycles. The molecule has 3 rings (SSSR count). The monoisotopic (exact) mass is 312 g/mol. The Hall–Kier alpha value is -0.490. The van der Waals surface area contributed by atoms with Gasteiger partial charge in [0.1, 0.15) is 0 Å². The van der Waals surface area contributed by atoms with Crippen molar-refractivity contribution < 1.29 is 18.0 Å². The number of carbonyl (C=O) groups is 1. The molecular weight excluding hydrogens is 293 g/mol. The number of fused-ring (bicyclic) bond motifs is 1. The normalized spacial score (nSPS) is 39.6. The number of hydrogen-bond acceptors (Lipinski definition) is 2. The standard InChI is InChI=1S/C13H19F3N2O.ClH/c14-13(15,16)10-4-2-1-3-7(10)12(19)18-11-8-5-17-6-9(8)11;/h7-11,17H,1-6H2,(H,18,19);1H. The molecule has 20 heavy (non-hydrogen) atoms. The second-order valence-corrected chi connectivity index (χ2v) is 6.06. The fourth-order valence-corrected chi connectivity index (χ4v) is 3.74. The summed E-state index contributed by atoms with van der Waals surface area (Å²) >= 11 is 0. The summed E-state index contributed by atoms with van der Waals surface area (Å²) in [6, 6.07) is 0.115. The van der Waals surface area contributed by atoms with E-state index in [4.69, 9.17) is 0 Å². The molecule has 0 aromatic carbocycles. The van der Waals surface area contributed by atoms with E-state index in [1.165, 1.54) is 0 Å². The Morgan fingerprint density at radius 2 is 1.70 bits per heavy atom. The first kappa shape index (κ1) is 15.9. The Bertz CT molecular complexity index is 367. The first-order chi connectivity index (χ1) is 8.98. The molecule has 0 spiro atoms. The van der Waals surface area contributed by atoms with E-state index in [0.717, 1.165) is 19.5 Å². The lowest BCUT2D eigenvalue weighted by atomic mass is 9.78. The van der Waals surface area contributed by atoms with Crippen molar-refractivity contribution in [1.82, 2.24) is 10.6 Å². The van der Waals surface area contributed by atoms with E-state index >= 15 is 0 Å². The molecule has 4 unspecified atom stereocenters. The summed E-state index contributed by atoms with van der Waals surface area (Å²) in [5, 5.41) is 6.06. The second-order valence-electron chi connectivity index (χ2n) is 6.06. The van der Waals surface area contributed by atoms with E-state index in [1.807, 2.05) is 0 Å². The minimum atomic E-state index is -4.25. The Labute approximate surface area is 122 Å². The molecule has 2 saturated carbocycles. The minimum absolute atomic E-state index is 0. The van der Waals surface area contributed by atoms with E-state index in [0.29, 0.717) is 24.7 Å².